The van der Waals surface area contributed by atoms with Gasteiger partial charge in [0.25, 0.3) is 5.69 Å². The van der Waals surface area contributed by atoms with Gasteiger partial charge in [-0.2, -0.15) is 0 Å². The molecule has 0 unspecified atom stereocenters. The lowest BCUT2D eigenvalue weighted by Gasteiger charge is -2.07. The van der Waals surface area contributed by atoms with Crippen molar-refractivity contribution in [1.82, 2.24) is 0 Å². The highest BCUT2D eigenvalue weighted by molar-refractivity contribution is 7.09. The maximum Gasteiger partial charge on any atom is 0.273 e. The summed E-state index contributed by atoms with van der Waals surface area (Å²) >= 11 is 1.63. The van der Waals surface area contributed by atoms with Crippen LogP contribution in [0.25, 0.3) is 0 Å². The standard InChI is InChI=1S/C11H12N4O2S/c12-14-9-4-8(5-10(6-9)15(16)17)13-7-11-2-1-3-18-11/h1-6,13-14H,7,12H2. The number of non-ortho nitro benzene ring substituents is 1. The fraction of sp³-hybridized carbons (Fsp3) is 0.0909. The van der Waals surface area contributed by atoms with Crippen LogP contribution in [0.15, 0.2) is 35.7 Å². The summed E-state index contributed by atoms with van der Waals surface area (Å²) in [4.78, 5) is 11.5. The fourth-order valence-corrected chi connectivity index (χ4v) is 2.15. The summed E-state index contributed by atoms with van der Waals surface area (Å²) in [5.74, 6) is 5.28. The van der Waals surface area contributed by atoms with Crippen LogP contribution in [0.3, 0.4) is 0 Å². The molecule has 0 bridgehead atoms. The summed E-state index contributed by atoms with van der Waals surface area (Å²) in [6.07, 6.45) is 0. The van der Waals surface area contributed by atoms with E-state index in [4.69, 9.17) is 5.84 Å². The van der Waals surface area contributed by atoms with E-state index in [1.54, 1.807) is 17.4 Å². The average molecular weight is 264 g/mol. The lowest BCUT2D eigenvalue weighted by molar-refractivity contribution is -0.384. The number of hydrogen-bond acceptors (Lipinski definition) is 6. The lowest BCUT2D eigenvalue weighted by atomic mass is 10.2. The molecule has 0 amide bonds. The second-order valence-electron chi connectivity index (χ2n) is 3.60. The molecule has 1 aromatic heterocycles. The molecule has 1 aromatic carbocycles. The second kappa shape index (κ2) is 5.48. The molecule has 94 valence electrons. The van der Waals surface area contributed by atoms with Crippen LogP contribution in [-0.4, -0.2) is 4.92 Å². The summed E-state index contributed by atoms with van der Waals surface area (Å²) in [5, 5.41) is 15.9. The SMILES string of the molecule is NNc1cc(NCc2cccs2)cc([N+](=O)[O-])c1. The van der Waals surface area contributed by atoms with E-state index in [1.807, 2.05) is 17.5 Å². The molecule has 18 heavy (non-hydrogen) atoms. The van der Waals surface area contributed by atoms with Gasteiger partial charge in [0.2, 0.25) is 0 Å². The van der Waals surface area contributed by atoms with Crippen molar-refractivity contribution in [2.45, 2.75) is 6.54 Å². The molecule has 0 saturated heterocycles. The largest absolute Gasteiger partial charge is 0.380 e. The van der Waals surface area contributed by atoms with Gasteiger partial charge in [-0.15, -0.1) is 11.3 Å². The van der Waals surface area contributed by atoms with Crippen molar-refractivity contribution in [1.29, 1.82) is 0 Å². The van der Waals surface area contributed by atoms with E-state index in [9.17, 15) is 10.1 Å². The van der Waals surface area contributed by atoms with Gasteiger partial charge in [0.05, 0.1) is 10.6 Å². The Bertz CT molecular complexity index is 542. The van der Waals surface area contributed by atoms with Crippen LogP contribution in [0.2, 0.25) is 0 Å². The van der Waals surface area contributed by atoms with E-state index in [1.165, 1.54) is 12.1 Å². The van der Waals surface area contributed by atoms with Crippen LogP contribution in [0.1, 0.15) is 4.88 Å². The van der Waals surface area contributed by atoms with Crippen molar-refractivity contribution in [2.24, 2.45) is 5.84 Å². The smallest absolute Gasteiger partial charge is 0.273 e. The summed E-state index contributed by atoms with van der Waals surface area (Å²) in [7, 11) is 0. The first-order valence-corrected chi connectivity index (χ1v) is 6.09. The van der Waals surface area contributed by atoms with Gasteiger partial charge in [-0.1, -0.05) is 6.07 Å². The molecule has 0 radical (unpaired) electrons. The lowest BCUT2D eigenvalue weighted by Crippen LogP contribution is -2.08. The Kier molecular flexibility index (Phi) is 3.75. The number of thiophene rings is 1. The number of hydrogen-bond donors (Lipinski definition) is 3. The second-order valence-corrected chi connectivity index (χ2v) is 4.64. The van der Waals surface area contributed by atoms with Crippen molar-refractivity contribution < 1.29 is 4.92 Å². The Hall–Kier alpha value is -2.12. The summed E-state index contributed by atoms with van der Waals surface area (Å²) in [6, 6.07) is 8.55. The van der Waals surface area contributed by atoms with E-state index in [0.29, 0.717) is 17.9 Å². The van der Waals surface area contributed by atoms with Gasteiger partial charge in [-0.3, -0.25) is 16.0 Å². The van der Waals surface area contributed by atoms with Crippen molar-refractivity contribution in [3.63, 3.8) is 0 Å². The zero-order chi connectivity index (χ0) is 13.0. The Labute approximate surface area is 108 Å². The number of nitrogen functional groups attached to an aromatic ring is 1. The molecular formula is C11H12N4O2S. The van der Waals surface area contributed by atoms with Gasteiger partial charge in [-0.25, -0.2) is 0 Å². The number of nitro groups is 1. The topological polar surface area (TPSA) is 93.2 Å². The number of rotatable bonds is 5. The number of hydrazine groups is 1. The van der Waals surface area contributed by atoms with Gasteiger partial charge in [0.15, 0.2) is 0 Å². The first-order chi connectivity index (χ1) is 8.69. The van der Waals surface area contributed by atoms with Crippen molar-refractivity contribution in [3.05, 3.63) is 50.7 Å². The quantitative estimate of drug-likeness (QED) is 0.438. The minimum absolute atomic E-state index is 0.000806. The molecule has 0 fully saturated rings. The highest BCUT2D eigenvalue weighted by Crippen LogP contribution is 2.24. The molecule has 0 saturated carbocycles. The summed E-state index contributed by atoms with van der Waals surface area (Å²) < 4.78 is 0. The molecular weight excluding hydrogens is 252 g/mol. The van der Waals surface area contributed by atoms with E-state index in [0.717, 1.165) is 4.88 Å². The van der Waals surface area contributed by atoms with Crippen LogP contribution in [0, 0.1) is 10.1 Å². The Morgan fingerprint density at radius 2 is 2.11 bits per heavy atom. The molecule has 7 heteroatoms. The van der Waals surface area contributed by atoms with Gasteiger partial charge < -0.3 is 10.7 Å². The zero-order valence-corrected chi connectivity index (χ0v) is 10.2. The van der Waals surface area contributed by atoms with Crippen LogP contribution in [0.4, 0.5) is 17.1 Å². The highest BCUT2D eigenvalue weighted by Gasteiger charge is 2.09. The van der Waals surface area contributed by atoms with E-state index >= 15 is 0 Å². The predicted octanol–water partition coefficient (Wildman–Crippen LogP) is 2.55. The third-order valence-corrected chi connectivity index (χ3v) is 3.22. The predicted molar refractivity (Wildman–Crippen MR) is 72.6 cm³/mol. The first kappa shape index (κ1) is 12.3. The number of nitrogens with one attached hydrogen (secondary N) is 2. The molecule has 2 rings (SSSR count). The third-order valence-electron chi connectivity index (χ3n) is 2.34. The molecule has 4 N–H and O–H groups in total. The monoisotopic (exact) mass is 264 g/mol. The van der Waals surface area contributed by atoms with Gasteiger partial charge >= 0.3 is 0 Å². The number of anilines is 2. The van der Waals surface area contributed by atoms with Crippen LogP contribution in [-0.2, 0) is 6.54 Å². The number of benzene rings is 1. The summed E-state index contributed by atoms with van der Waals surface area (Å²) in [6.45, 7) is 0.628. The van der Waals surface area contributed by atoms with E-state index in [-0.39, 0.29) is 5.69 Å². The number of nitrogens with zero attached hydrogens (tertiary/aromatic N) is 1. The molecule has 6 nitrogen and oxygen atoms in total. The van der Waals surface area contributed by atoms with Crippen LogP contribution >= 0.6 is 11.3 Å². The molecule has 2 aromatic rings. The first-order valence-electron chi connectivity index (χ1n) is 5.21. The molecule has 0 aliphatic rings. The van der Waals surface area contributed by atoms with Crippen molar-refractivity contribution in [3.8, 4) is 0 Å². The number of nitrogens with two attached hydrogens (primary N) is 1. The Morgan fingerprint density at radius 3 is 2.72 bits per heavy atom. The zero-order valence-electron chi connectivity index (χ0n) is 9.42. The maximum atomic E-state index is 10.8. The normalized spacial score (nSPS) is 10.1. The van der Waals surface area contributed by atoms with E-state index in [2.05, 4.69) is 10.7 Å². The highest BCUT2D eigenvalue weighted by atomic mass is 32.1. The average Bonchev–Trinajstić information content (AvgIpc) is 2.89. The fourth-order valence-electron chi connectivity index (χ4n) is 1.50. The Balaban J connectivity index is 2.16. The summed E-state index contributed by atoms with van der Waals surface area (Å²) in [5.41, 5.74) is 3.57. The van der Waals surface area contributed by atoms with Crippen molar-refractivity contribution >= 4 is 28.4 Å². The molecule has 0 spiro atoms. The minimum Gasteiger partial charge on any atom is -0.380 e. The minimum atomic E-state index is -0.447. The molecule has 0 aliphatic carbocycles. The van der Waals surface area contributed by atoms with Crippen LogP contribution < -0.4 is 16.6 Å². The van der Waals surface area contributed by atoms with Crippen LogP contribution in [0.5, 0.6) is 0 Å². The van der Waals surface area contributed by atoms with Gasteiger partial charge in [-0.05, 0) is 17.5 Å². The van der Waals surface area contributed by atoms with E-state index < -0.39 is 4.92 Å². The van der Waals surface area contributed by atoms with Gasteiger partial charge in [0, 0.05) is 29.2 Å². The Morgan fingerprint density at radius 1 is 1.33 bits per heavy atom. The molecule has 0 atom stereocenters. The van der Waals surface area contributed by atoms with Gasteiger partial charge in [0.1, 0.15) is 0 Å². The third kappa shape index (κ3) is 2.96. The maximum absolute atomic E-state index is 10.8. The van der Waals surface area contributed by atoms with Crippen molar-refractivity contribution in [2.75, 3.05) is 10.7 Å². The molecule has 1 heterocycles. The number of nitro benzene ring substituents is 1. The molecule has 0 aliphatic heterocycles.